The van der Waals surface area contributed by atoms with Gasteiger partial charge in [0.05, 0.1) is 34.7 Å². The number of aromatic nitrogens is 3. The van der Waals surface area contributed by atoms with E-state index >= 15 is 0 Å². The van der Waals surface area contributed by atoms with E-state index in [9.17, 15) is 0 Å². The van der Waals surface area contributed by atoms with Crippen molar-refractivity contribution in [2.45, 2.75) is 12.5 Å². The zero-order valence-electron chi connectivity index (χ0n) is 31.3. The SMILES string of the molecule is C1=C(N(c2ccccc2)c2cccc(-c3ccccc3)c2)CC(n2c3ccccc3c3c(-c4ccccc4)cccc32)c2c1c1ccccc1n2-c1cccnc1. The third kappa shape index (κ3) is 5.49. The van der Waals surface area contributed by atoms with Crippen molar-refractivity contribution < 1.29 is 0 Å². The maximum Gasteiger partial charge on any atom is 0.0807 e. The minimum atomic E-state index is -0.0791. The monoisotopic (exact) mass is 730 g/mol. The summed E-state index contributed by atoms with van der Waals surface area (Å²) < 4.78 is 5.08. The Hall–Kier alpha value is -7.43. The number of pyridine rings is 1. The predicted molar refractivity (Wildman–Crippen MR) is 237 cm³/mol. The Bertz CT molecular complexity index is 3090. The van der Waals surface area contributed by atoms with Crippen molar-refractivity contribution in [3.8, 4) is 27.9 Å². The van der Waals surface area contributed by atoms with Gasteiger partial charge in [-0.2, -0.15) is 0 Å². The van der Waals surface area contributed by atoms with Gasteiger partial charge in [0.25, 0.3) is 0 Å². The molecule has 4 heteroatoms. The van der Waals surface area contributed by atoms with Gasteiger partial charge in [0.2, 0.25) is 0 Å². The second-order valence-corrected chi connectivity index (χ2v) is 14.8. The van der Waals surface area contributed by atoms with Crippen LogP contribution in [0.25, 0.3) is 66.7 Å². The Balaban J connectivity index is 1.22. The first-order valence-corrected chi connectivity index (χ1v) is 19.6. The van der Waals surface area contributed by atoms with Gasteiger partial charge >= 0.3 is 0 Å². The largest absolute Gasteiger partial charge is 0.331 e. The highest BCUT2D eigenvalue weighted by atomic mass is 15.2. The average Bonchev–Trinajstić information content (AvgIpc) is 3.81. The molecule has 7 aromatic carbocycles. The van der Waals surface area contributed by atoms with E-state index in [-0.39, 0.29) is 6.04 Å². The van der Waals surface area contributed by atoms with Crippen LogP contribution in [0.5, 0.6) is 0 Å². The van der Waals surface area contributed by atoms with E-state index in [0.29, 0.717) is 0 Å². The quantitative estimate of drug-likeness (QED) is 0.163. The maximum absolute atomic E-state index is 4.63. The van der Waals surface area contributed by atoms with Crippen molar-refractivity contribution in [3.05, 3.63) is 223 Å². The Morgan fingerprint density at radius 2 is 1.14 bits per heavy atom. The molecule has 0 radical (unpaired) electrons. The van der Waals surface area contributed by atoms with E-state index in [1.807, 2.05) is 18.5 Å². The Morgan fingerprint density at radius 3 is 1.91 bits per heavy atom. The van der Waals surface area contributed by atoms with Crippen molar-refractivity contribution in [2.75, 3.05) is 4.90 Å². The number of hydrogen-bond acceptors (Lipinski definition) is 2. The standard InChI is InChI=1S/C53H38N4/c1-4-17-37(18-5-1)39-21-14-24-41(33-39)55(40-22-8-3-9-23-40)43-34-47-45-26-10-12-29-48(45)56(42-25-16-32-54-36-42)53(47)51(35-43)57-49-30-13-11-27-46(49)52-44(28-15-31-50(52)57)38-19-6-2-7-20-38/h1-34,36,51H,35H2. The van der Waals surface area contributed by atoms with Crippen LogP contribution in [0.2, 0.25) is 0 Å². The van der Waals surface area contributed by atoms with Gasteiger partial charge in [0, 0.05) is 56.9 Å². The van der Waals surface area contributed by atoms with Gasteiger partial charge in [-0.05, 0) is 82.9 Å². The Morgan fingerprint density at radius 1 is 0.509 bits per heavy atom. The van der Waals surface area contributed by atoms with E-state index in [2.05, 4.69) is 213 Å². The molecule has 57 heavy (non-hydrogen) atoms. The number of para-hydroxylation sites is 3. The van der Waals surface area contributed by atoms with Gasteiger partial charge in [0.1, 0.15) is 0 Å². The first-order chi connectivity index (χ1) is 28.3. The van der Waals surface area contributed by atoms with Crippen LogP contribution in [-0.4, -0.2) is 14.1 Å². The smallest absolute Gasteiger partial charge is 0.0807 e. The van der Waals surface area contributed by atoms with Crippen LogP contribution in [0.15, 0.2) is 212 Å². The highest BCUT2D eigenvalue weighted by Crippen LogP contribution is 2.49. The molecule has 270 valence electrons. The molecule has 1 aliphatic carbocycles. The normalized spacial score (nSPS) is 13.8. The molecular weight excluding hydrogens is 693 g/mol. The van der Waals surface area contributed by atoms with Crippen LogP contribution in [0, 0.1) is 0 Å². The molecule has 10 aromatic rings. The molecule has 3 aromatic heterocycles. The lowest BCUT2D eigenvalue weighted by Gasteiger charge is -2.35. The fourth-order valence-corrected chi connectivity index (χ4v) is 9.17. The number of hydrogen-bond donors (Lipinski definition) is 0. The van der Waals surface area contributed by atoms with Crippen LogP contribution in [0.1, 0.15) is 23.7 Å². The summed E-state index contributed by atoms with van der Waals surface area (Å²) in [7, 11) is 0. The molecule has 0 aliphatic heterocycles. The van der Waals surface area contributed by atoms with Crippen molar-refractivity contribution in [2.24, 2.45) is 0 Å². The number of rotatable bonds is 7. The van der Waals surface area contributed by atoms with Crippen LogP contribution in [0.4, 0.5) is 11.4 Å². The number of nitrogens with zero attached hydrogens (tertiary/aromatic N) is 4. The van der Waals surface area contributed by atoms with Crippen molar-refractivity contribution in [1.29, 1.82) is 0 Å². The average molecular weight is 731 g/mol. The van der Waals surface area contributed by atoms with Crippen molar-refractivity contribution >= 4 is 50.2 Å². The van der Waals surface area contributed by atoms with E-state index in [1.54, 1.807) is 0 Å². The third-order valence-electron chi connectivity index (χ3n) is 11.5. The van der Waals surface area contributed by atoms with Gasteiger partial charge in [-0.25, -0.2) is 0 Å². The first kappa shape index (κ1) is 33.0. The molecule has 1 aliphatic rings. The highest BCUT2D eigenvalue weighted by Gasteiger charge is 2.34. The zero-order chi connectivity index (χ0) is 37.7. The van der Waals surface area contributed by atoms with Crippen LogP contribution in [-0.2, 0) is 0 Å². The van der Waals surface area contributed by atoms with Crippen LogP contribution >= 0.6 is 0 Å². The minimum Gasteiger partial charge on any atom is -0.331 e. The minimum absolute atomic E-state index is 0.0791. The zero-order valence-corrected chi connectivity index (χ0v) is 31.3. The maximum atomic E-state index is 4.63. The lowest BCUT2D eigenvalue weighted by atomic mass is 9.92. The van der Waals surface area contributed by atoms with E-state index in [1.165, 1.54) is 71.9 Å². The fraction of sp³-hybridized carbons (Fsp3) is 0.0377. The summed E-state index contributed by atoms with van der Waals surface area (Å²) in [6.07, 6.45) is 7.05. The first-order valence-electron chi connectivity index (χ1n) is 19.6. The van der Waals surface area contributed by atoms with Gasteiger partial charge in [-0.15, -0.1) is 0 Å². The number of benzene rings is 7. The molecule has 4 nitrogen and oxygen atoms in total. The third-order valence-corrected chi connectivity index (χ3v) is 11.5. The fourth-order valence-electron chi connectivity index (χ4n) is 9.17. The molecular formula is C53H38N4. The number of anilines is 2. The van der Waals surface area contributed by atoms with Crippen molar-refractivity contribution in [1.82, 2.24) is 14.1 Å². The summed E-state index contributed by atoms with van der Waals surface area (Å²) in [5, 5.41) is 3.75. The Labute approximate surface area is 331 Å². The molecule has 0 amide bonds. The summed E-state index contributed by atoms with van der Waals surface area (Å²) in [6.45, 7) is 0. The Kier molecular flexibility index (Phi) is 7.92. The van der Waals surface area contributed by atoms with E-state index < -0.39 is 0 Å². The number of allylic oxidation sites excluding steroid dienone is 1. The molecule has 1 unspecified atom stereocenters. The molecule has 3 heterocycles. The highest BCUT2D eigenvalue weighted by molar-refractivity contribution is 6.15. The lowest BCUT2D eigenvalue weighted by molar-refractivity contribution is 0.578. The molecule has 0 spiro atoms. The summed E-state index contributed by atoms with van der Waals surface area (Å²) >= 11 is 0. The van der Waals surface area contributed by atoms with Crippen LogP contribution < -0.4 is 4.90 Å². The lowest BCUT2D eigenvalue weighted by Crippen LogP contribution is -2.25. The summed E-state index contributed by atoms with van der Waals surface area (Å²) in [5.74, 6) is 0. The second kappa shape index (κ2) is 13.7. The van der Waals surface area contributed by atoms with Crippen LogP contribution in [0.3, 0.4) is 0 Å². The van der Waals surface area contributed by atoms with Gasteiger partial charge < -0.3 is 14.0 Å². The molecule has 0 bridgehead atoms. The summed E-state index contributed by atoms with van der Waals surface area (Å²) in [6, 6.07) is 70.1. The molecule has 1 atom stereocenters. The molecule has 0 saturated carbocycles. The number of fused-ring (bicyclic) bond motifs is 6. The van der Waals surface area contributed by atoms with E-state index in [4.69, 9.17) is 0 Å². The molecule has 0 saturated heterocycles. The van der Waals surface area contributed by atoms with Gasteiger partial charge in [-0.3, -0.25) is 4.98 Å². The summed E-state index contributed by atoms with van der Waals surface area (Å²) in [5.41, 5.74) is 15.5. The predicted octanol–water partition coefficient (Wildman–Crippen LogP) is 13.6. The second-order valence-electron chi connectivity index (χ2n) is 14.8. The summed E-state index contributed by atoms with van der Waals surface area (Å²) in [4.78, 5) is 7.11. The topological polar surface area (TPSA) is 26.0 Å². The van der Waals surface area contributed by atoms with Gasteiger partial charge in [-0.1, -0.05) is 140 Å². The molecule has 0 fully saturated rings. The molecule has 11 rings (SSSR count). The van der Waals surface area contributed by atoms with E-state index in [0.717, 1.165) is 23.5 Å². The molecule has 0 N–H and O–H groups in total. The van der Waals surface area contributed by atoms with Crippen molar-refractivity contribution in [3.63, 3.8) is 0 Å². The van der Waals surface area contributed by atoms with Gasteiger partial charge in [0.15, 0.2) is 0 Å².